The van der Waals surface area contributed by atoms with Gasteiger partial charge < -0.3 is 9.88 Å². The maximum absolute atomic E-state index is 13.0. The Kier molecular flexibility index (Phi) is 5.04. The van der Waals surface area contributed by atoms with Gasteiger partial charge in [0.1, 0.15) is 0 Å². The lowest BCUT2D eigenvalue weighted by Crippen LogP contribution is -2.23. The summed E-state index contributed by atoms with van der Waals surface area (Å²) in [6.07, 6.45) is 0.707. The molecule has 6 nitrogen and oxygen atoms in total. The topological polar surface area (TPSA) is 69.3 Å². The molecule has 0 spiro atoms. The molecule has 1 saturated heterocycles. The lowest BCUT2D eigenvalue weighted by atomic mass is 10.1. The smallest absolute Gasteiger partial charge is 0.265 e. The van der Waals surface area contributed by atoms with Gasteiger partial charge in [0.2, 0.25) is 10.0 Å². The van der Waals surface area contributed by atoms with Crippen LogP contribution < -0.4 is 4.90 Å². The molecule has 0 unspecified atom stereocenters. The molecule has 1 N–H and O–H groups in total. The van der Waals surface area contributed by atoms with Gasteiger partial charge in [-0.3, -0.25) is 4.98 Å². The van der Waals surface area contributed by atoms with Gasteiger partial charge >= 0.3 is 0 Å². The van der Waals surface area contributed by atoms with E-state index in [4.69, 9.17) is 0 Å². The summed E-state index contributed by atoms with van der Waals surface area (Å²) in [6, 6.07) is 8.22. The van der Waals surface area contributed by atoms with E-state index in [-0.39, 0.29) is 10.5 Å². The summed E-state index contributed by atoms with van der Waals surface area (Å²) >= 11 is 0. The first kappa shape index (κ1) is 19.8. The molecule has 3 heterocycles. The summed E-state index contributed by atoms with van der Waals surface area (Å²) in [4.78, 5) is 9.67. The molecule has 3 aromatic rings. The number of hydrogen-bond acceptors (Lipinski definition) is 4. The van der Waals surface area contributed by atoms with E-state index in [1.165, 1.54) is 30.7 Å². The van der Waals surface area contributed by atoms with Crippen molar-refractivity contribution in [3.8, 4) is 11.3 Å². The SMILES string of the molecule is CN(C)S(=O)(=O)c1ccc(N2CCCC2)c(-c2cc3ncc(C(F)F)cc3[nH]2)c1. The van der Waals surface area contributed by atoms with Gasteiger partial charge in [-0.25, -0.2) is 21.5 Å². The van der Waals surface area contributed by atoms with Gasteiger partial charge in [-0.15, -0.1) is 0 Å². The van der Waals surface area contributed by atoms with E-state index in [0.29, 0.717) is 22.3 Å². The standard InChI is InChI=1S/C20H22F2N4O2S/c1-25(2)29(27,28)14-5-6-19(26-7-3-4-8-26)15(10-14)16-11-17-18(24-16)9-13(12-23-17)20(21)22/h5-6,9-12,20,24H,3-4,7-8H2,1-2H3. The molecule has 4 rings (SSSR count). The number of benzene rings is 1. The first-order valence-electron chi connectivity index (χ1n) is 9.36. The van der Waals surface area contributed by atoms with Crippen molar-refractivity contribution in [2.75, 3.05) is 32.1 Å². The minimum Gasteiger partial charge on any atom is -0.371 e. The Hall–Kier alpha value is -2.52. The van der Waals surface area contributed by atoms with Gasteiger partial charge in [0.25, 0.3) is 6.43 Å². The van der Waals surface area contributed by atoms with Crippen molar-refractivity contribution in [2.45, 2.75) is 24.2 Å². The van der Waals surface area contributed by atoms with E-state index < -0.39 is 16.4 Å². The van der Waals surface area contributed by atoms with Crippen LogP contribution in [-0.4, -0.2) is 49.9 Å². The number of nitrogens with one attached hydrogen (secondary N) is 1. The van der Waals surface area contributed by atoms with E-state index in [9.17, 15) is 17.2 Å². The Morgan fingerprint density at radius 2 is 1.86 bits per heavy atom. The van der Waals surface area contributed by atoms with E-state index >= 15 is 0 Å². The lowest BCUT2D eigenvalue weighted by molar-refractivity contribution is 0.151. The van der Waals surface area contributed by atoms with Gasteiger partial charge in [-0.2, -0.15) is 0 Å². The minimum atomic E-state index is -3.61. The first-order valence-corrected chi connectivity index (χ1v) is 10.8. The normalized spacial score (nSPS) is 15.2. The average molecular weight is 420 g/mol. The molecule has 0 aliphatic carbocycles. The molecule has 1 aliphatic rings. The Morgan fingerprint density at radius 1 is 1.14 bits per heavy atom. The molecule has 0 radical (unpaired) electrons. The van der Waals surface area contributed by atoms with Crippen molar-refractivity contribution in [3.05, 3.63) is 42.1 Å². The van der Waals surface area contributed by atoms with Crippen LogP contribution >= 0.6 is 0 Å². The Labute approximate surface area is 168 Å². The number of sulfonamides is 1. The van der Waals surface area contributed by atoms with E-state index in [2.05, 4.69) is 14.9 Å². The van der Waals surface area contributed by atoms with Crippen molar-refractivity contribution < 1.29 is 17.2 Å². The molecule has 0 bridgehead atoms. The Balaban J connectivity index is 1.88. The van der Waals surface area contributed by atoms with Crippen LogP contribution in [0.1, 0.15) is 24.8 Å². The highest BCUT2D eigenvalue weighted by molar-refractivity contribution is 7.89. The van der Waals surface area contributed by atoms with Gasteiger partial charge in [0.05, 0.1) is 21.6 Å². The maximum atomic E-state index is 13.0. The van der Waals surface area contributed by atoms with Crippen LogP contribution in [-0.2, 0) is 10.0 Å². The fourth-order valence-electron chi connectivity index (χ4n) is 3.62. The van der Waals surface area contributed by atoms with Gasteiger partial charge in [0.15, 0.2) is 0 Å². The zero-order valence-corrected chi connectivity index (χ0v) is 17.0. The van der Waals surface area contributed by atoms with Crippen LogP contribution in [0.4, 0.5) is 14.5 Å². The third-order valence-electron chi connectivity index (χ3n) is 5.23. The van der Waals surface area contributed by atoms with Crippen LogP contribution in [0, 0.1) is 0 Å². The Morgan fingerprint density at radius 3 is 2.52 bits per heavy atom. The minimum absolute atomic E-state index is 0.158. The summed E-state index contributed by atoms with van der Waals surface area (Å²) in [5, 5.41) is 0. The number of hydrogen-bond donors (Lipinski definition) is 1. The third-order valence-corrected chi connectivity index (χ3v) is 7.04. The number of H-pyrrole nitrogens is 1. The molecular weight excluding hydrogens is 398 g/mol. The molecule has 1 fully saturated rings. The van der Waals surface area contributed by atoms with Crippen molar-refractivity contribution in [2.24, 2.45) is 0 Å². The molecule has 0 saturated carbocycles. The van der Waals surface area contributed by atoms with E-state index in [1.807, 2.05) is 6.07 Å². The van der Waals surface area contributed by atoms with Crippen LogP contribution in [0.5, 0.6) is 0 Å². The molecule has 9 heteroatoms. The second-order valence-electron chi connectivity index (χ2n) is 7.35. The van der Waals surface area contributed by atoms with Gasteiger partial charge in [0, 0.05) is 50.2 Å². The first-order chi connectivity index (χ1) is 13.8. The fraction of sp³-hybridized carbons (Fsp3) is 0.350. The highest BCUT2D eigenvalue weighted by atomic mass is 32.2. The second-order valence-corrected chi connectivity index (χ2v) is 9.50. The molecule has 154 valence electrons. The number of halogens is 2. The average Bonchev–Trinajstić information content (AvgIpc) is 3.36. The van der Waals surface area contributed by atoms with Crippen molar-refractivity contribution in [1.82, 2.24) is 14.3 Å². The lowest BCUT2D eigenvalue weighted by Gasteiger charge is -2.22. The largest absolute Gasteiger partial charge is 0.371 e. The van der Waals surface area contributed by atoms with Crippen LogP contribution in [0.3, 0.4) is 0 Å². The summed E-state index contributed by atoms with van der Waals surface area (Å²) in [5.74, 6) is 0. The number of alkyl halides is 2. The molecule has 29 heavy (non-hydrogen) atoms. The quantitative estimate of drug-likeness (QED) is 0.677. The van der Waals surface area contributed by atoms with Crippen molar-refractivity contribution >= 4 is 26.7 Å². The number of anilines is 1. The van der Waals surface area contributed by atoms with E-state index in [1.54, 1.807) is 18.2 Å². The summed E-state index contributed by atoms with van der Waals surface area (Å²) in [5.41, 5.74) is 3.17. The number of nitrogens with zero attached hydrogens (tertiary/aromatic N) is 3. The van der Waals surface area contributed by atoms with Crippen molar-refractivity contribution in [3.63, 3.8) is 0 Å². The van der Waals surface area contributed by atoms with Crippen molar-refractivity contribution in [1.29, 1.82) is 0 Å². The van der Waals surface area contributed by atoms with Crippen LogP contribution in [0.15, 0.2) is 41.4 Å². The third kappa shape index (κ3) is 3.60. The summed E-state index contributed by atoms with van der Waals surface area (Å²) in [6.45, 7) is 1.78. The number of fused-ring (bicyclic) bond motifs is 1. The Bertz CT molecular complexity index is 1150. The predicted molar refractivity (Wildman–Crippen MR) is 109 cm³/mol. The number of pyridine rings is 1. The highest BCUT2D eigenvalue weighted by Crippen LogP contribution is 2.36. The summed E-state index contributed by atoms with van der Waals surface area (Å²) < 4.78 is 52.5. The molecular formula is C20H22F2N4O2S. The molecule has 1 aromatic carbocycles. The molecule has 0 atom stereocenters. The fourth-order valence-corrected chi connectivity index (χ4v) is 4.55. The molecule has 2 aromatic heterocycles. The number of rotatable bonds is 5. The van der Waals surface area contributed by atoms with E-state index in [0.717, 1.165) is 31.6 Å². The maximum Gasteiger partial charge on any atom is 0.265 e. The van der Waals surface area contributed by atoms with Gasteiger partial charge in [-0.1, -0.05) is 0 Å². The van der Waals surface area contributed by atoms with Crippen LogP contribution in [0.2, 0.25) is 0 Å². The van der Waals surface area contributed by atoms with Crippen LogP contribution in [0.25, 0.3) is 22.3 Å². The summed E-state index contributed by atoms with van der Waals surface area (Å²) in [7, 11) is -0.633. The predicted octanol–water partition coefficient (Wildman–Crippen LogP) is 4.02. The zero-order valence-electron chi connectivity index (χ0n) is 16.2. The highest BCUT2D eigenvalue weighted by Gasteiger charge is 2.23. The second kappa shape index (κ2) is 7.38. The number of aromatic amines is 1. The zero-order chi connectivity index (χ0) is 20.8. The number of aromatic nitrogens is 2. The molecule has 1 aliphatic heterocycles. The molecule has 0 amide bonds. The monoisotopic (exact) mass is 420 g/mol. The van der Waals surface area contributed by atoms with Gasteiger partial charge in [-0.05, 0) is 43.2 Å².